The van der Waals surface area contributed by atoms with Crippen molar-refractivity contribution < 1.29 is 51.4 Å². The molecule has 1 aromatic rings. The molecule has 5 atom stereocenters. The van der Waals surface area contributed by atoms with Gasteiger partial charge in [0.1, 0.15) is 29.3 Å². The quantitative estimate of drug-likeness (QED) is 0.138. The number of para-hydroxylation sites is 1. The van der Waals surface area contributed by atoms with Crippen LogP contribution in [0.4, 0.5) is 15.3 Å². The highest BCUT2D eigenvalue weighted by Crippen LogP contribution is 2.45. The van der Waals surface area contributed by atoms with Gasteiger partial charge in [0.05, 0.1) is 29.1 Å². The number of benzene rings is 1. The molecule has 3 aliphatic rings. The van der Waals surface area contributed by atoms with E-state index in [1.54, 1.807) is 67.5 Å². The van der Waals surface area contributed by atoms with Crippen LogP contribution in [-0.4, -0.2) is 96.4 Å². The molecule has 53 heavy (non-hydrogen) atoms. The zero-order valence-electron chi connectivity index (χ0n) is 31.4. The molecule has 1 heterocycles. The van der Waals surface area contributed by atoms with E-state index in [0.29, 0.717) is 12.8 Å². The number of esters is 1. The van der Waals surface area contributed by atoms with Gasteiger partial charge in [0, 0.05) is 12.3 Å². The Labute approximate surface area is 310 Å². The number of nitrogens with zero attached hydrogens (tertiary/aromatic N) is 1. The summed E-state index contributed by atoms with van der Waals surface area (Å²) in [6.07, 6.45) is -1.22. The first kappa shape index (κ1) is 41.1. The zero-order chi connectivity index (χ0) is 39.7. The number of hydrogen-bond acceptors (Lipinski definition) is 11. The van der Waals surface area contributed by atoms with Crippen LogP contribution in [0.25, 0.3) is 0 Å². The molecule has 1 aromatic carbocycles. The lowest BCUT2D eigenvalue weighted by molar-refractivity contribution is -0.143. The van der Waals surface area contributed by atoms with E-state index in [2.05, 4.69) is 27.3 Å². The summed E-state index contributed by atoms with van der Waals surface area (Å²) in [6.45, 7) is 16.9. The molecule has 0 aromatic heterocycles. The highest BCUT2D eigenvalue weighted by molar-refractivity contribution is 7.91. The van der Waals surface area contributed by atoms with Gasteiger partial charge in [-0.25, -0.2) is 22.8 Å². The molecule has 5 unspecified atom stereocenters. The summed E-state index contributed by atoms with van der Waals surface area (Å²) in [5.41, 5.74) is -3.24. The minimum Gasteiger partial charge on any atom is -0.459 e. The number of carbonyl (C=O) groups is 6. The van der Waals surface area contributed by atoms with E-state index >= 15 is 0 Å². The third-order valence-corrected chi connectivity index (χ3v) is 10.7. The Morgan fingerprint density at radius 1 is 1.00 bits per heavy atom. The normalized spacial score (nSPS) is 23.3. The van der Waals surface area contributed by atoms with Crippen molar-refractivity contribution in [3.8, 4) is 0 Å². The minimum atomic E-state index is -3.95. The van der Waals surface area contributed by atoms with E-state index in [-0.39, 0.29) is 30.6 Å². The molecule has 0 spiro atoms. The lowest BCUT2D eigenvalue weighted by atomic mass is 9.85. The predicted molar refractivity (Wildman–Crippen MR) is 193 cm³/mol. The molecule has 3 fully saturated rings. The van der Waals surface area contributed by atoms with E-state index in [1.807, 2.05) is 0 Å². The second-order valence-electron chi connectivity index (χ2n) is 16.0. The van der Waals surface area contributed by atoms with Gasteiger partial charge in [-0.05, 0) is 71.4 Å². The van der Waals surface area contributed by atoms with Crippen LogP contribution in [0.2, 0.25) is 0 Å². The Morgan fingerprint density at radius 3 is 2.19 bits per heavy atom. The van der Waals surface area contributed by atoms with E-state index in [1.165, 1.54) is 18.2 Å². The number of nitrogens with one attached hydrogen (secondary N) is 4. The monoisotopic (exact) mass is 761 g/mol. The van der Waals surface area contributed by atoms with E-state index in [4.69, 9.17) is 14.2 Å². The van der Waals surface area contributed by atoms with Crippen molar-refractivity contribution in [1.29, 1.82) is 0 Å². The maximum atomic E-state index is 14.3. The molecular formula is C36H51N5O11S. The molecule has 2 saturated carbocycles. The van der Waals surface area contributed by atoms with Crippen molar-refractivity contribution in [3.05, 3.63) is 42.5 Å². The first-order valence-corrected chi connectivity index (χ1v) is 19.1. The molecule has 1 saturated heterocycles. The van der Waals surface area contributed by atoms with Gasteiger partial charge in [-0.3, -0.25) is 24.4 Å². The van der Waals surface area contributed by atoms with Crippen molar-refractivity contribution in [3.63, 3.8) is 0 Å². The largest absolute Gasteiger partial charge is 0.459 e. The number of anilines is 1. The molecule has 1 aliphatic heterocycles. The van der Waals surface area contributed by atoms with Gasteiger partial charge in [0.2, 0.25) is 21.8 Å². The second-order valence-corrected chi connectivity index (χ2v) is 18.0. The van der Waals surface area contributed by atoms with Crippen molar-refractivity contribution in [2.24, 2.45) is 11.3 Å². The summed E-state index contributed by atoms with van der Waals surface area (Å²) in [4.78, 5) is 81.7. The van der Waals surface area contributed by atoms with E-state index in [9.17, 15) is 37.2 Å². The van der Waals surface area contributed by atoms with Gasteiger partial charge in [0.15, 0.2) is 0 Å². The average molecular weight is 762 g/mol. The highest BCUT2D eigenvalue weighted by Gasteiger charge is 2.62. The van der Waals surface area contributed by atoms with Crippen molar-refractivity contribution >= 4 is 51.6 Å². The Hall–Kier alpha value is -4.67. The van der Waals surface area contributed by atoms with Gasteiger partial charge < -0.3 is 29.7 Å². The molecule has 5 amide bonds. The standard InChI is InChI=1S/C36H51N5O11S/c1-10-21-18-36(21,31(45)40-53(48,49)23-15-16-23)39-28(42)26-17-22(51-32(46)37-25-14-12-11-13-24(25)30(44)50-20(2)3)19-41(26)29(43)27(34(4,5)6)38-33(47)52-35(7,8)9/h10-14,20-23,26-27H,1,15-19H2,2-9H3,(H,37,46)(H,38,47)(H,39,42)(H,40,45). The fraction of sp³-hybridized carbons (Fsp3) is 0.611. The maximum absolute atomic E-state index is 14.3. The Morgan fingerprint density at radius 2 is 1.64 bits per heavy atom. The number of sulfonamides is 1. The lowest BCUT2D eigenvalue weighted by Gasteiger charge is -2.36. The van der Waals surface area contributed by atoms with Gasteiger partial charge >= 0.3 is 18.2 Å². The molecule has 4 N–H and O–H groups in total. The fourth-order valence-electron chi connectivity index (χ4n) is 5.97. The first-order valence-electron chi connectivity index (χ1n) is 17.6. The molecule has 0 bridgehead atoms. The Kier molecular flexibility index (Phi) is 11.9. The van der Waals surface area contributed by atoms with Crippen molar-refractivity contribution in [1.82, 2.24) is 20.3 Å². The number of carbonyl (C=O) groups excluding carboxylic acids is 6. The van der Waals surface area contributed by atoms with Crippen molar-refractivity contribution in [2.75, 3.05) is 11.9 Å². The number of hydrogen-bond donors (Lipinski definition) is 4. The van der Waals surface area contributed by atoms with Gasteiger partial charge in [0.25, 0.3) is 5.91 Å². The van der Waals surface area contributed by atoms with Crippen LogP contribution < -0.4 is 20.7 Å². The predicted octanol–water partition coefficient (Wildman–Crippen LogP) is 3.38. The van der Waals surface area contributed by atoms with Crippen LogP contribution in [0.3, 0.4) is 0 Å². The highest BCUT2D eigenvalue weighted by atomic mass is 32.2. The molecule has 292 valence electrons. The molecular weight excluding hydrogens is 710 g/mol. The van der Waals surface area contributed by atoms with Crippen LogP contribution >= 0.6 is 0 Å². The van der Waals surface area contributed by atoms with Crippen LogP contribution in [0.5, 0.6) is 0 Å². The molecule has 4 rings (SSSR count). The second kappa shape index (κ2) is 15.4. The summed E-state index contributed by atoms with van der Waals surface area (Å²) < 4.78 is 43.7. The topological polar surface area (TPSA) is 216 Å². The molecule has 17 heteroatoms. The van der Waals surface area contributed by atoms with Crippen LogP contribution in [0, 0.1) is 11.3 Å². The smallest absolute Gasteiger partial charge is 0.411 e. The van der Waals surface area contributed by atoms with Gasteiger partial charge in [-0.1, -0.05) is 39.0 Å². The number of ether oxygens (including phenoxy) is 3. The first-order chi connectivity index (χ1) is 24.5. The fourth-order valence-corrected chi connectivity index (χ4v) is 7.34. The van der Waals surface area contributed by atoms with Crippen LogP contribution in [-0.2, 0) is 38.6 Å². The Bertz CT molecular complexity index is 1750. The summed E-state index contributed by atoms with van der Waals surface area (Å²) >= 11 is 0. The van der Waals surface area contributed by atoms with Crippen molar-refractivity contribution in [2.45, 2.75) is 122 Å². The summed E-state index contributed by atoms with van der Waals surface area (Å²) in [5.74, 6) is -3.68. The zero-order valence-corrected chi connectivity index (χ0v) is 32.3. The average Bonchev–Trinajstić information content (AvgIpc) is 3.95. The molecule has 2 aliphatic carbocycles. The van der Waals surface area contributed by atoms with Gasteiger partial charge in [-0.2, -0.15) is 0 Å². The van der Waals surface area contributed by atoms with E-state index in [0.717, 1.165) is 4.90 Å². The SMILES string of the molecule is C=CC1CC1(NC(=O)C1CC(OC(=O)Nc2ccccc2C(=O)OC(C)C)CN1C(=O)C(NC(=O)OC(C)(C)C)C(C)(C)C)C(=O)NS(=O)(=O)C1CC1. The maximum Gasteiger partial charge on any atom is 0.411 e. The molecule has 16 nitrogen and oxygen atoms in total. The summed E-state index contributed by atoms with van der Waals surface area (Å²) in [7, 11) is -3.95. The number of alkyl carbamates (subject to hydrolysis) is 1. The Balaban J connectivity index is 1.60. The van der Waals surface area contributed by atoms with E-state index < -0.39 is 97.9 Å². The lowest BCUT2D eigenvalue weighted by Crippen LogP contribution is -2.60. The number of amides is 5. The minimum absolute atomic E-state index is 0.0702. The number of rotatable bonds is 12. The van der Waals surface area contributed by atoms with Crippen LogP contribution in [0.1, 0.15) is 91.4 Å². The van der Waals surface area contributed by atoms with Gasteiger partial charge in [-0.15, -0.1) is 6.58 Å². The number of likely N-dealkylation sites (tertiary alicyclic amines) is 1. The summed E-state index contributed by atoms with van der Waals surface area (Å²) in [6, 6.07) is 3.60. The summed E-state index contributed by atoms with van der Waals surface area (Å²) in [5, 5.41) is 7.13. The van der Waals surface area contributed by atoms with Crippen LogP contribution in [0.15, 0.2) is 36.9 Å². The third kappa shape index (κ3) is 10.3. The molecule has 0 radical (unpaired) electrons. The third-order valence-electron chi connectivity index (χ3n) is 8.87.